The second-order valence-corrected chi connectivity index (χ2v) is 10.9. The number of rotatable bonds is 18. The van der Waals surface area contributed by atoms with Crippen LogP contribution in [0.2, 0.25) is 0 Å². The van der Waals surface area contributed by atoms with E-state index in [0.717, 1.165) is 12.8 Å². The van der Waals surface area contributed by atoms with E-state index in [-0.39, 0.29) is 19.1 Å². The van der Waals surface area contributed by atoms with Gasteiger partial charge in [0.05, 0.1) is 55.8 Å². The fourth-order valence-electron chi connectivity index (χ4n) is 5.84. The van der Waals surface area contributed by atoms with Crippen molar-refractivity contribution in [1.29, 1.82) is 0 Å². The number of methoxy groups -OCH3 is 1. The zero-order valence-electron chi connectivity index (χ0n) is 24.4. The number of ether oxygens (including phenoxy) is 5. The minimum Gasteiger partial charge on any atom is -0.394 e. The van der Waals surface area contributed by atoms with E-state index in [4.69, 9.17) is 35.2 Å². The van der Waals surface area contributed by atoms with E-state index in [0.29, 0.717) is 26.1 Å². The molecule has 1 aliphatic heterocycles. The van der Waals surface area contributed by atoms with Crippen LogP contribution in [0.15, 0.2) is 0 Å². The Morgan fingerprint density at radius 2 is 1.76 bits per heavy atom. The molecule has 0 amide bonds. The summed E-state index contributed by atoms with van der Waals surface area (Å²) in [6.45, 7) is 14.1. The Morgan fingerprint density at radius 3 is 2.19 bits per heavy atom. The van der Waals surface area contributed by atoms with Crippen molar-refractivity contribution in [3.05, 3.63) is 0 Å². The van der Waals surface area contributed by atoms with E-state index < -0.39 is 59.9 Å². The molecule has 11 atom stereocenters. The third-order valence-electron chi connectivity index (χ3n) is 8.41. The topological polar surface area (TPSA) is 159 Å². The SMILES string of the molecule is CCCC(C)([C@@H]1C(CO)O[C@@H](OCC)C(N)C1O)C(C)(CC)O[C@H](OC(CO)[C@@H](CC)COC)C(C)N. The van der Waals surface area contributed by atoms with E-state index in [9.17, 15) is 15.3 Å². The first-order valence-corrected chi connectivity index (χ1v) is 13.9. The van der Waals surface area contributed by atoms with Crippen molar-refractivity contribution < 1.29 is 39.0 Å². The summed E-state index contributed by atoms with van der Waals surface area (Å²) in [5.74, 6) is -0.580. The van der Waals surface area contributed by atoms with Crippen molar-refractivity contribution >= 4 is 0 Å². The lowest BCUT2D eigenvalue weighted by molar-refractivity contribution is -0.313. The largest absolute Gasteiger partial charge is 0.394 e. The summed E-state index contributed by atoms with van der Waals surface area (Å²) in [5, 5.41) is 31.9. The molecule has 10 nitrogen and oxygen atoms in total. The van der Waals surface area contributed by atoms with Gasteiger partial charge >= 0.3 is 0 Å². The molecule has 1 saturated heterocycles. The Morgan fingerprint density at radius 1 is 1.11 bits per heavy atom. The summed E-state index contributed by atoms with van der Waals surface area (Å²) < 4.78 is 30.1. The maximum absolute atomic E-state index is 11.5. The van der Waals surface area contributed by atoms with Gasteiger partial charge in [0.2, 0.25) is 0 Å². The fourth-order valence-corrected chi connectivity index (χ4v) is 5.84. The van der Waals surface area contributed by atoms with Crippen LogP contribution in [0.3, 0.4) is 0 Å². The van der Waals surface area contributed by atoms with Gasteiger partial charge < -0.3 is 50.5 Å². The maximum Gasteiger partial charge on any atom is 0.175 e. The highest BCUT2D eigenvalue weighted by atomic mass is 16.7. The Kier molecular flexibility index (Phi) is 15.0. The van der Waals surface area contributed by atoms with Crippen LogP contribution < -0.4 is 11.5 Å². The highest BCUT2D eigenvalue weighted by Gasteiger charge is 2.59. The molecule has 7 N–H and O–H groups in total. The first kappa shape index (κ1) is 34.6. The molecule has 0 aromatic carbocycles. The molecular weight excluding hydrogens is 480 g/mol. The van der Waals surface area contributed by atoms with Gasteiger partial charge in [-0.15, -0.1) is 0 Å². The predicted molar refractivity (Wildman–Crippen MR) is 143 cm³/mol. The Bertz CT molecular complexity index is 627. The van der Waals surface area contributed by atoms with Gasteiger partial charge in [0.15, 0.2) is 12.6 Å². The summed E-state index contributed by atoms with van der Waals surface area (Å²) in [5.41, 5.74) is 11.2. The smallest absolute Gasteiger partial charge is 0.175 e. The summed E-state index contributed by atoms with van der Waals surface area (Å²) in [6.07, 6.45) is -1.07. The quantitative estimate of drug-likeness (QED) is 0.163. The first-order chi connectivity index (χ1) is 17.4. The predicted octanol–water partition coefficient (Wildman–Crippen LogP) is 1.76. The van der Waals surface area contributed by atoms with Gasteiger partial charge in [-0.2, -0.15) is 0 Å². The van der Waals surface area contributed by atoms with Gasteiger partial charge in [0.1, 0.15) is 0 Å². The zero-order chi connectivity index (χ0) is 28.4. The number of hydrogen-bond acceptors (Lipinski definition) is 10. The highest BCUT2D eigenvalue weighted by Crippen LogP contribution is 2.52. The molecule has 7 unspecified atom stereocenters. The standard InChI is InChI=1S/C27H56N2O8/c1-9-13-26(6,21-20(15-31)36-25(34-12-4)22(29)23(21)32)27(7,11-3)37-24(17(5)28)35-19(14-30)18(10-2)16-33-8/h17-25,30-32H,9-16,28-29H2,1-8H3/t17?,18-,19?,20?,21+,22?,23?,24-,25+,26?,27?/m0/s1. The molecule has 1 heterocycles. The first-order valence-electron chi connectivity index (χ1n) is 13.9. The minimum atomic E-state index is -1.00. The van der Waals surface area contributed by atoms with Crippen LogP contribution in [0.4, 0.5) is 0 Å². The van der Waals surface area contributed by atoms with Crippen LogP contribution >= 0.6 is 0 Å². The zero-order valence-corrected chi connectivity index (χ0v) is 24.4. The molecular formula is C27H56N2O8. The van der Waals surface area contributed by atoms with E-state index in [1.54, 1.807) is 14.0 Å². The molecule has 37 heavy (non-hydrogen) atoms. The molecule has 0 aromatic rings. The fraction of sp³-hybridized carbons (Fsp3) is 1.00. The summed E-state index contributed by atoms with van der Waals surface area (Å²) >= 11 is 0. The average molecular weight is 537 g/mol. The molecule has 0 aliphatic carbocycles. The van der Waals surface area contributed by atoms with E-state index in [1.807, 2.05) is 27.7 Å². The molecule has 0 radical (unpaired) electrons. The normalized spacial score (nSPS) is 31.2. The molecule has 0 spiro atoms. The van der Waals surface area contributed by atoms with Gasteiger partial charge in [-0.05, 0) is 40.0 Å². The van der Waals surface area contributed by atoms with Crippen LogP contribution in [-0.4, -0.2) is 97.4 Å². The summed E-state index contributed by atoms with van der Waals surface area (Å²) in [6, 6.07) is -1.29. The monoisotopic (exact) mass is 536 g/mol. The average Bonchev–Trinajstić information content (AvgIpc) is 2.87. The lowest BCUT2D eigenvalue weighted by atomic mass is 9.57. The van der Waals surface area contributed by atoms with Crippen molar-refractivity contribution in [3.63, 3.8) is 0 Å². The number of nitrogens with two attached hydrogens (primary N) is 2. The van der Waals surface area contributed by atoms with Gasteiger partial charge in [-0.25, -0.2) is 0 Å². The molecule has 1 rings (SSSR count). The Labute approximate surface area is 224 Å². The molecule has 10 heteroatoms. The summed E-state index contributed by atoms with van der Waals surface area (Å²) in [7, 11) is 1.62. The Balaban J connectivity index is 3.44. The number of aliphatic hydroxyl groups is 3. The van der Waals surface area contributed by atoms with Crippen molar-refractivity contribution in [3.8, 4) is 0 Å². The van der Waals surface area contributed by atoms with Crippen LogP contribution in [0.25, 0.3) is 0 Å². The van der Waals surface area contributed by atoms with Crippen LogP contribution in [0.1, 0.15) is 74.1 Å². The van der Waals surface area contributed by atoms with Crippen LogP contribution in [0.5, 0.6) is 0 Å². The minimum absolute atomic E-state index is 0.0319. The van der Waals surface area contributed by atoms with E-state index >= 15 is 0 Å². The van der Waals surface area contributed by atoms with Crippen molar-refractivity contribution in [2.45, 2.75) is 123 Å². The summed E-state index contributed by atoms with van der Waals surface area (Å²) in [4.78, 5) is 0. The second kappa shape index (κ2) is 16.0. The third-order valence-corrected chi connectivity index (χ3v) is 8.41. The second-order valence-electron chi connectivity index (χ2n) is 10.9. The van der Waals surface area contributed by atoms with Gasteiger partial charge in [0.25, 0.3) is 0 Å². The number of aliphatic hydroxyl groups excluding tert-OH is 3. The van der Waals surface area contributed by atoms with Crippen molar-refractivity contribution in [2.75, 3.05) is 33.5 Å². The molecule has 1 fully saturated rings. The third kappa shape index (κ3) is 8.06. The molecule has 0 bridgehead atoms. The van der Waals surface area contributed by atoms with Crippen molar-refractivity contribution in [2.24, 2.45) is 28.7 Å². The molecule has 222 valence electrons. The maximum atomic E-state index is 11.5. The molecule has 0 saturated carbocycles. The lowest BCUT2D eigenvalue weighted by Crippen LogP contribution is -2.67. The van der Waals surface area contributed by atoms with Crippen LogP contribution in [0, 0.1) is 17.3 Å². The molecule has 1 aliphatic rings. The van der Waals surface area contributed by atoms with E-state index in [2.05, 4.69) is 13.8 Å². The van der Waals surface area contributed by atoms with Gasteiger partial charge in [-0.3, -0.25) is 0 Å². The lowest BCUT2D eigenvalue weighted by Gasteiger charge is -2.57. The van der Waals surface area contributed by atoms with Crippen molar-refractivity contribution in [1.82, 2.24) is 0 Å². The highest BCUT2D eigenvalue weighted by molar-refractivity contribution is 5.07. The Hall–Kier alpha value is -0.400. The van der Waals surface area contributed by atoms with Gasteiger partial charge in [-0.1, -0.05) is 34.1 Å². The molecule has 0 aromatic heterocycles. The van der Waals surface area contributed by atoms with Crippen LogP contribution in [-0.2, 0) is 23.7 Å². The number of hydrogen-bond donors (Lipinski definition) is 5. The van der Waals surface area contributed by atoms with Gasteiger partial charge in [0, 0.05) is 31.0 Å². The van der Waals surface area contributed by atoms with E-state index in [1.165, 1.54) is 0 Å².